The van der Waals surface area contributed by atoms with Crippen molar-refractivity contribution in [2.45, 2.75) is 19.3 Å². The average Bonchev–Trinajstić information content (AvgIpc) is 3.37. The number of aromatic nitrogens is 2. The molecular weight excluding hydrogens is 410 g/mol. The molecule has 1 aliphatic carbocycles. The van der Waals surface area contributed by atoms with Crippen LogP contribution < -0.4 is 15.2 Å². The number of rotatable bonds is 6. The lowest BCUT2D eigenvalue weighted by atomic mass is 10.1. The van der Waals surface area contributed by atoms with Crippen LogP contribution in [0.4, 0.5) is 4.79 Å². The molecule has 0 bridgehead atoms. The number of hydrogen-bond acceptors (Lipinski definition) is 6. The minimum absolute atomic E-state index is 0.286. The summed E-state index contributed by atoms with van der Waals surface area (Å²) in [4.78, 5) is 24.7. The van der Waals surface area contributed by atoms with Crippen LogP contribution >= 0.6 is 0 Å². The summed E-state index contributed by atoms with van der Waals surface area (Å²) in [5, 5.41) is 4.89. The van der Waals surface area contributed by atoms with Crippen LogP contribution in [0.3, 0.4) is 0 Å². The zero-order valence-electron chi connectivity index (χ0n) is 17.7. The Bertz CT molecular complexity index is 1260. The largest absolute Gasteiger partial charge is 0.495 e. The van der Waals surface area contributed by atoms with Gasteiger partial charge in [0.05, 0.1) is 36.9 Å². The van der Waals surface area contributed by atoms with Crippen LogP contribution in [0.2, 0.25) is 0 Å². The Morgan fingerprint density at radius 2 is 2.09 bits per heavy atom. The molecule has 0 radical (unpaired) electrons. The fourth-order valence-corrected chi connectivity index (χ4v) is 3.91. The van der Waals surface area contributed by atoms with Crippen LogP contribution in [0, 0.1) is 5.92 Å². The van der Waals surface area contributed by atoms with Gasteiger partial charge in [-0.05, 0) is 60.2 Å². The van der Waals surface area contributed by atoms with Gasteiger partial charge < -0.3 is 19.9 Å². The van der Waals surface area contributed by atoms with E-state index < -0.39 is 12.0 Å². The van der Waals surface area contributed by atoms with Gasteiger partial charge in [-0.3, -0.25) is 0 Å². The molecule has 32 heavy (non-hydrogen) atoms. The predicted molar refractivity (Wildman–Crippen MR) is 119 cm³/mol. The van der Waals surface area contributed by atoms with E-state index >= 15 is 0 Å². The summed E-state index contributed by atoms with van der Waals surface area (Å²) in [5.41, 5.74) is 8.85. The Hall–Kier alpha value is -3.81. The third-order valence-corrected chi connectivity index (χ3v) is 5.75. The lowest BCUT2D eigenvalue weighted by molar-refractivity contribution is 0.0483. The summed E-state index contributed by atoms with van der Waals surface area (Å²) in [6.45, 7) is 1.09. The highest BCUT2D eigenvalue weighted by atomic mass is 16.5. The smallest absolute Gasteiger partial charge is 0.341 e. The van der Waals surface area contributed by atoms with E-state index in [2.05, 4.69) is 11.2 Å². The standard InChI is InChI=1S/C24H23N3O5/c1-30-22-17(23(28)32-13-15-2-3-15)6-8-19-21(22)18(26-27(19)24(25)29)7-4-14-5-9-20-16(12-14)10-11-31-20/h4-9,12,15H,2-3,10-11,13H2,1H3,(H2,25,29). The maximum absolute atomic E-state index is 12.7. The molecule has 0 saturated heterocycles. The summed E-state index contributed by atoms with van der Waals surface area (Å²) in [6, 6.07) is 8.43. The zero-order valence-corrected chi connectivity index (χ0v) is 17.7. The lowest BCUT2D eigenvalue weighted by Crippen LogP contribution is -2.20. The third-order valence-electron chi connectivity index (χ3n) is 5.75. The minimum Gasteiger partial charge on any atom is -0.495 e. The summed E-state index contributed by atoms with van der Waals surface area (Å²) in [6.07, 6.45) is 6.71. The molecule has 2 N–H and O–H groups in total. The van der Waals surface area contributed by atoms with E-state index in [-0.39, 0.29) is 5.56 Å². The molecule has 1 aromatic heterocycles. The van der Waals surface area contributed by atoms with E-state index in [4.69, 9.17) is 19.9 Å². The van der Waals surface area contributed by atoms with Crippen LogP contribution in [-0.2, 0) is 11.2 Å². The van der Waals surface area contributed by atoms with Crippen LogP contribution in [0.1, 0.15) is 40.0 Å². The number of benzene rings is 2. The number of ether oxygens (including phenoxy) is 3. The fourth-order valence-electron chi connectivity index (χ4n) is 3.91. The maximum atomic E-state index is 12.7. The van der Waals surface area contributed by atoms with Crippen molar-refractivity contribution in [3.8, 4) is 11.5 Å². The number of primary amides is 1. The van der Waals surface area contributed by atoms with Gasteiger partial charge in [0, 0.05) is 6.42 Å². The van der Waals surface area contributed by atoms with Crippen LogP contribution in [0.5, 0.6) is 11.5 Å². The molecular formula is C24H23N3O5. The SMILES string of the molecule is COc1c(C(=O)OCC2CC2)ccc2c1c(C=Cc1ccc3c(c1)CCO3)nn2C(N)=O. The second kappa shape index (κ2) is 8.03. The number of nitrogens with two attached hydrogens (primary N) is 1. The fraction of sp³-hybridized carbons (Fsp3) is 0.292. The highest BCUT2D eigenvalue weighted by Gasteiger charge is 2.26. The van der Waals surface area contributed by atoms with Gasteiger partial charge in [0.25, 0.3) is 0 Å². The topological polar surface area (TPSA) is 106 Å². The van der Waals surface area contributed by atoms with E-state index in [1.807, 2.05) is 18.2 Å². The maximum Gasteiger partial charge on any atom is 0.341 e. The Balaban J connectivity index is 1.56. The summed E-state index contributed by atoms with van der Waals surface area (Å²) >= 11 is 0. The van der Waals surface area contributed by atoms with Crippen molar-refractivity contribution in [2.24, 2.45) is 11.7 Å². The molecule has 0 unspecified atom stereocenters. The van der Waals surface area contributed by atoms with Crippen LogP contribution in [0.15, 0.2) is 30.3 Å². The average molecular weight is 433 g/mol. The number of hydrogen-bond donors (Lipinski definition) is 1. The van der Waals surface area contributed by atoms with Crippen molar-refractivity contribution in [3.63, 3.8) is 0 Å². The first-order valence-corrected chi connectivity index (χ1v) is 10.6. The molecule has 2 aliphatic rings. The molecule has 2 aromatic carbocycles. The molecule has 8 heteroatoms. The molecule has 1 fully saturated rings. The quantitative estimate of drug-likeness (QED) is 0.595. The van der Waals surface area contributed by atoms with E-state index in [9.17, 15) is 9.59 Å². The number of esters is 1. The first kappa shape index (κ1) is 20.1. The Morgan fingerprint density at radius 1 is 1.25 bits per heavy atom. The van der Waals surface area contributed by atoms with Gasteiger partial charge in [-0.1, -0.05) is 12.1 Å². The molecule has 8 nitrogen and oxygen atoms in total. The molecule has 1 saturated carbocycles. The third kappa shape index (κ3) is 3.68. The molecule has 3 aromatic rings. The number of fused-ring (bicyclic) bond motifs is 2. The molecule has 0 spiro atoms. The number of amides is 1. The van der Waals surface area contributed by atoms with Crippen LogP contribution in [-0.4, -0.2) is 42.1 Å². The second-order valence-corrected chi connectivity index (χ2v) is 8.02. The van der Waals surface area contributed by atoms with Gasteiger partial charge in [-0.15, -0.1) is 0 Å². The first-order chi connectivity index (χ1) is 15.5. The summed E-state index contributed by atoms with van der Waals surface area (Å²) in [7, 11) is 1.47. The molecule has 1 amide bonds. The Kier molecular flexibility index (Phi) is 5.05. The Morgan fingerprint density at radius 3 is 2.84 bits per heavy atom. The van der Waals surface area contributed by atoms with E-state index in [1.54, 1.807) is 18.2 Å². The van der Waals surface area contributed by atoms with Gasteiger partial charge in [0.1, 0.15) is 17.1 Å². The van der Waals surface area contributed by atoms with Gasteiger partial charge in [-0.25, -0.2) is 9.59 Å². The summed E-state index contributed by atoms with van der Waals surface area (Å²) < 4.78 is 17.7. The number of carbonyl (C=O) groups is 2. The van der Waals surface area contributed by atoms with Gasteiger partial charge in [0.2, 0.25) is 0 Å². The second-order valence-electron chi connectivity index (χ2n) is 8.02. The summed E-state index contributed by atoms with van der Waals surface area (Å²) in [5.74, 6) is 1.19. The Labute approximate surface area is 184 Å². The van der Waals surface area contributed by atoms with Crippen molar-refractivity contribution in [1.29, 1.82) is 0 Å². The predicted octanol–water partition coefficient (Wildman–Crippen LogP) is 3.64. The van der Waals surface area contributed by atoms with Crippen molar-refractivity contribution in [1.82, 2.24) is 9.78 Å². The highest BCUT2D eigenvalue weighted by molar-refractivity contribution is 6.05. The molecule has 1 aliphatic heterocycles. The van der Waals surface area contributed by atoms with E-state index in [0.29, 0.717) is 41.5 Å². The zero-order chi connectivity index (χ0) is 22.2. The molecule has 0 atom stereocenters. The van der Waals surface area contributed by atoms with Crippen molar-refractivity contribution >= 4 is 35.1 Å². The van der Waals surface area contributed by atoms with E-state index in [0.717, 1.165) is 40.8 Å². The first-order valence-electron chi connectivity index (χ1n) is 10.6. The molecule has 5 rings (SSSR count). The normalized spacial score (nSPS) is 15.0. The molecule has 2 heterocycles. The monoisotopic (exact) mass is 433 g/mol. The van der Waals surface area contributed by atoms with Crippen molar-refractivity contribution in [3.05, 3.63) is 52.7 Å². The highest BCUT2D eigenvalue weighted by Crippen LogP contribution is 2.35. The minimum atomic E-state index is -0.726. The van der Waals surface area contributed by atoms with Gasteiger partial charge in [0.15, 0.2) is 0 Å². The van der Waals surface area contributed by atoms with Crippen molar-refractivity contribution < 1.29 is 23.8 Å². The number of methoxy groups -OCH3 is 1. The lowest BCUT2D eigenvalue weighted by Gasteiger charge is -2.10. The van der Waals surface area contributed by atoms with Crippen molar-refractivity contribution in [2.75, 3.05) is 20.3 Å². The molecule has 164 valence electrons. The van der Waals surface area contributed by atoms with Crippen LogP contribution in [0.25, 0.3) is 23.1 Å². The van der Waals surface area contributed by atoms with Gasteiger partial charge >= 0.3 is 12.0 Å². The van der Waals surface area contributed by atoms with E-state index in [1.165, 1.54) is 7.11 Å². The van der Waals surface area contributed by atoms with Gasteiger partial charge in [-0.2, -0.15) is 9.78 Å². The number of carbonyl (C=O) groups excluding carboxylic acids is 2. The number of nitrogens with zero attached hydrogens (tertiary/aromatic N) is 2.